The number of aryl methyl sites for hydroxylation is 2. The van der Waals surface area contributed by atoms with Crippen molar-refractivity contribution in [2.75, 3.05) is 18.0 Å². The van der Waals surface area contributed by atoms with E-state index in [2.05, 4.69) is 23.7 Å². The molecule has 0 spiro atoms. The molecular weight excluding hydrogens is 573 g/mol. The fraction of sp³-hybridized carbons (Fsp3) is 0.417. The molecule has 1 saturated heterocycles. The SMILES string of the molecule is Cc1nc(C)c(C(OC(C)(C)C)C(=O)O)c(N2CCC(C)(C)CC2)c1-c1ccc2[nH]c(=O)cc(OCc3ccc(F)cc3)c2c1. The third-order valence-electron chi connectivity index (χ3n) is 8.37. The quantitative estimate of drug-likeness (QED) is 0.212. The molecule has 4 aromatic rings. The van der Waals surface area contributed by atoms with Gasteiger partial charge in [0.25, 0.3) is 5.56 Å². The highest BCUT2D eigenvalue weighted by Crippen LogP contribution is 2.45. The summed E-state index contributed by atoms with van der Waals surface area (Å²) in [5.41, 5.74) is 4.87. The van der Waals surface area contributed by atoms with Crippen molar-refractivity contribution in [3.63, 3.8) is 0 Å². The summed E-state index contributed by atoms with van der Waals surface area (Å²) in [6.07, 6.45) is 0.669. The van der Waals surface area contributed by atoms with E-state index in [-0.39, 0.29) is 23.4 Å². The van der Waals surface area contributed by atoms with Crippen molar-refractivity contribution < 1.29 is 23.8 Å². The van der Waals surface area contributed by atoms with Crippen LogP contribution >= 0.6 is 0 Å². The molecule has 1 fully saturated rings. The molecule has 0 bridgehead atoms. The molecule has 0 saturated carbocycles. The molecule has 1 atom stereocenters. The van der Waals surface area contributed by atoms with Gasteiger partial charge in [-0.3, -0.25) is 9.78 Å². The van der Waals surface area contributed by atoms with Crippen LogP contribution in [0.25, 0.3) is 22.0 Å². The van der Waals surface area contributed by atoms with Gasteiger partial charge in [-0.15, -0.1) is 0 Å². The van der Waals surface area contributed by atoms with Gasteiger partial charge < -0.3 is 24.5 Å². The molecule has 1 aliphatic heterocycles. The fourth-order valence-electron chi connectivity index (χ4n) is 5.99. The number of nitrogens with zero attached hydrogens (tertiary/aromatic N) is 2. The van der Waals surface area contributed by atoms with Crippen molar-refractivity contribution in [1.29, 1.82) is 0 Å². The number of ether oxygens (including phenoxy) is 2. The number of benzene rings is 2. The van der Waals surface area contributed by atoms with Crippen LogP contribution in [0.5, 0.6) is 5.75 Å². The molecular formula is C36H42FN3O5. The number of hydrogen-bond acceptors (Lipinski definition) is 6. The number of pyridine rings is 2. The van der Waals surface area contributed by atoms with Crippen molar-refractivity contribution in [2.24, 2.45) is 5.41 Å². The third-order valence-corrected chi connectivity index (χ3v) is 8.37. The second-order valence-electron chi connectivity index (χ2n) is 13.7. The van der Waals surface area contributed by atoms with E-state index in [0.29, 0.717) is 27.9 Å². The van der Waals surface area contributed by atoms with Gasteiger partial charge in [0.1, 0.15) is 18.2 Å². The second kappa shape index (κ2) is 12.3. The predicted octanol–water partition coefficient (Wildman–Crippen LogP) is 7.49. The lowest BCUT2D eigenvalue weighted by molar-refractivity contribution is -0.160. The second-order valence-corrected chi connectivity index (χ2v) is 13.7. The maximum absolute atomic E-state index is 13.4. The summed E-state index contributed by atoms with van der Waals surface area (Å²) in [5.74, 6) is -1.02. The van der Waals surface area contributed by atoms with E-state index in [4.69, 9.17) is 14.5 Å². The summed E-state index contributed by atoms with van der Waals surface area (Å²) >= 11 is 0. The Balaban J connectivity index is 1.70. The Hall–Kier alpha value is -4.24. The minimum absolute atomic E-state index is 0.150. The molecule has 5 rings (SSSR count). The first-order chi connectivity index (χ1) is 21.1. The molecule has 2 aromatic carbocycles. The van der Waals surface area contributed by atoms with Crippen LogP contribution in [0, 0.1) is 25.1 Å². The molecule has 2 aromatic heterocycles. The highest BCUT2D eigenvalue weighted by Gasteiger charge is 2.36. The summed E-state index contributed by atoms with van der Waals surface area (Å²) in [6, 6.07) is 13.1. The zero-order valence-corrected chi connectivity index (χ0v) is 27.1. The highest BCUT2D eigenvalue weighted by molar-refractivity contribution is 5.94. The number of carbonyl (C=O) groups is 1. The topological polar surface area (TPSA) is 105 Å². The minimum Gasteiger partial charge on any atom is -0.488 e. The van der Waals surface area contributed by atoms with Crippen LogP contribution in [0.3, 0.4) is 0 Å². The van der Waals surface area contributed by atoms with Gasteiger partial charge in [0.05, 0.1) is 16.8 Å². The maximum atomic E-state index is 13.4. The van der Waals surface area contributed by atoms with Gasteiger partial charge in [0, 0.05) is 47.1 Å². The van der Waals surface area contributed by atoms with Crippen molar-refractivity contribution in [1.82, 2.24) is 9.97 Å². The minimum atomic E-state index is -1.23. The number of fused-ring (bicyclic) bond motifs is 1. The smallest absolute Gasteiger partial charge is 0.337 e. The van der Waals surface area contributed by atoms with E-state index < -0.39 is 17.7 Å². The normalized spacial score (nSPS) is 15.7. The molecule has 238 valence electrons. The van der Waals surface area contributed by atoms with Crippen LogP contribution in [-0.2, 0) is 16.1 Å². The number of aromatic amines is 1. The molecule has 3 heterocycles. The predicted molar refractivity (Wildman–Crippen MR) is 174 cm³/mol. The van der Waals surface area contributed by atoms with E-state index >= 15 is 0 Å². The average Bonchev–Trinajstić information content (AvgIpc) is 2.95. The van der Waals surface area contributed by atoms with Gasteiger partial charge in [-0.05, 0) is 88.3 Å². The average molecular weight is 616 g/mol. The Morgan fingerprint density at radius 2 is 1.73 bits per heavy atom. The van der Waals surface area contributed by atoms with E-state index in [1.54, 1.807) is 12.1 Å². The molecule has 8 nitrogen and oxygen atoms in total. The van der Waals surface area contributed by atoms with Crippen molar-refractivity contribution in [2.45, 2.75) is 79.6 Å². The number of halogens is 1. The Morgan fingerprint density at radius 1 is 1.07 bits per heavy atom. The largest absolute Gasteiger partial charge is 0.488 e. The van der Waals surface area contributed by atoms with Crippen molar-refractivity contribution >= 4 is 22.6 Å². The summed E-state index contributed by atoms with van der Waals surface area (Å²) in [5, 5.41) is 11.2. The third kappa shape index (κ3) is 7.20. The first kappa shape index (κ1) is 32.2. The van der Waals surface area contributed by atoms with Gasteiger partial charge >= 0.3 is 5.97 Å². The van der Waals surface area contributed by atoms with E-state index in [1.165, 1.54) is 18.2 Å². The van der Waals surface area contributed by atoms with Gasteiger partial charge in [-0.1, -0.05) is 32.0 Å². The number of carboxylic acids is 1. The molecule has 0 amide bonds. The summed E-state index contributed by atoms with van der Waals surface area (Å²) in [7, 11) is 0. The number of carboxylic acid groups (broad SMARTS) is 1. The lowest BCUT2D eigenvalue weighted by Gasteiger charge is -2.41. The van der Waals surface area contributed by atoms with Crippen LogP contribution in [0.15, 0.2) is 53.3 Å². The van der Waals surface area contributed by atoms with Gasteiger partial charge in [0.2, 0.25) is 0 Å². The van der Waals surface area contributed by atoms with Crippen molar-refractivity contribution in [3.8, 4) is 16.9 Å². The van der Waals surface area contributed by atoms with Gasteiger partial charge in [-0.25, -0.2) is 9.18 Å². The van der Waals surface area contributed by atoms with Gasteiger partial charge in [-0.2, -0.15) is 0 Å². The number of nitrogens with one attached hydrogen (secondary N) is 1. The lowest BCUT2D eigenvalue weighted by Crippen LogP contribution is -2.39. The number of H-pyrrole nitrogens is 1. The zero-order chi connectivity index (χ0) is 32.7. The molecule has 0 aliphatic carbocycles. The number of hydrogen-bond donors (Lipinski definition) is 2. The summed E-state index contributed by atoms with van der Waals surface area (Å²) in [4.78, 5) is 35.4. The number of anilines is 1. The molecule has 1 unspecified atom stereocenters. The lowest BCUT2D eigenvalue weighted by atomic mass is 9.81. The summed E-state index contributed by atoms with van der Waals surface area (Å²) < 4.78 is 25.8. The number of aliphatic carboxylic acids is 1. The van der Waals surface area contributed by atoms with Crippen LogP contribution in [0.4, 0.5) is 10.1 Å². The Bertz CT molecular complexity index is 1780. The molecule has 0 radical (unpaired) electrons. The first-order valence-electron chi connectivity index (χ1n) is 15.3. The fourth-order valence-corrected chi connectivity index (χ4v) is 5.99. The molecule has 9 heteroatoms. The standard InChI is InChI=1S/C36H42FN3O5/c1-21-30(24-10-13-27-26(18-24)28(19-29(41)39-27)44-20-23-8-11-25(37)12-9-23)32(40-16-14-36(6,7)15-17-40)31(22(2)38-21)33(34(42)43)45-35(3,4)5/h8-13,18-19,33H,14-17,20H2,1-7H3,(H,39,41)(H,42,43). The van der Waals surface area contributed by atoms with E-state index in [0.717, 1.165) is 54.0 Å². The molecule has 2 N–H and O–H groups in total. The maximum Gasteiger partial charge on any atom is 0.337 e. The molecule has 45 heavy (non-hydrogen) atoms. The Labute approximate surface area is 263 Å². The van der Waals surface area contributed by atoms with E-state index in [1.807, 2.05) is 52.8 Å². The van der Waals surface area contributed by atoms with E-state index in [9.17, 15) is 19.1 Å². The van der Waals surface area contributed by atoms with Crippen LogP contribution in [-0.4, -0.2) is 39.7 Å². The Morgan fingerprint density at radius 3 is 2.36 bits per heavy atom. The zero-order valence-electron chi connectivity index (χ0n) is 27.1. The molecule has 1 aliphatic rings. The van der Waals surface area contributed by atoms with Crippen LogP contribution in [0.1, 0.15) is 76.1 Å². The number of aromatic nitrogens is 2. The van der Waals surface area contributed by atoms with Crippen LogP contribution in [0.2, 0.25) is 0 Å². The Kier molecular flexibility index (Phi) is 8.77. The highest BCUT2D eigenvalue weighted by atomic mass is 19.1. The monoisotopic (exact) mass is 615 g/mol. The van der Waals surface area contributed by atoms with Gasteiger partial charge in [0.15, 0.2) is 6.10 Å². The van der Waals surface area contributed by atoms with Crippen LogP contribution < -0.4 is 15.2 Å². The van der Waals surface area contributed by atoms with Crippen molar-refractivity contribution in [3.05, 3.63) is 87.2 Å². The summed E-state index contributed by atoms with van der Waals surface area (Å²) in [6.45, 7) is 15.5. The number of piperidine rings is 1. The first-order valence-corrected chi connectivity index (χ1v) is 15.3. The number of rotatable bonds is 8.